The zero-order valence-electron chi connectivity index (χ0n) is 17.1. The van der Waals surface area contributed by atoms with Gasteiger partial charge in [-0.15, -0.1) is 0 Å². The highest BCUT2D eigenvalue weighted by Crippen LogP contribution is 2.46. The van der Waals surface area contributed by atoms with Crippen LogP contribution in [0.3, 0.4) is 0 Å². The van der Waals surface area contributed by atoms with Crippen molar-refractivity contribution in [3.05, 3.63) is 69.2 Å². The molecule has 29 heavy (non-hydrogen) atoms. The van der Waals surface area contributed by atoms with Crippen LogP contribution < -0.4 is 5.32 Å². The fraction of sp³-hybridized carbons (Fsp3) is 0.435. The van der Waals surface area contributed by atoms with Gasteiger partial charge >= 0.3 is 0 Å². The molecule has 156 valence electrons. The predicted octanol–water partition coefficient (Wildman–Crippen LogP) is 6.86. The zero-order chi connectivity index (χ0) is 21.8. The number of nitrogens with zero attached hydrogens (tertiary/aromatic N) is 1. The van der Waals surface area contributed by atoms with Gasteiger partial charge in [0.2, 0.25) is 0 Å². The van der Waals surface area contributed by atoms with E-state index in [9.17, 15) is 5.26 Å². The van der Waals surface area contributed by atoms with Gasteiger partial charge in [-0.1, -0.05) is 62.2 Å². The van der Waals surface area contributed by atoms with E-state index in [2.05, 4.69) is 32.2 Å². The smallest absolute Gasteiger partial charge is 0.145 e. The lowest BCUT2D eigenvalue weighted by Crippen LogP contribution is -2.39. The molecule has 0 radical (unpaired) electrons. The molecule has 0 saturated heterocycles. The summed E-state index contributed by atoms with van der Waals surface area (Å²) in [4.78, 5) is 0. The molecule has 2 nitrogen and oxygen atoms in total. The summed E-state index contributed by atoms with van der Waals surface area (Å²) in [6.45, 7) is 6.44. The zero-order valence-corrected chi connectivity index (χ0v) is 18.6. The minimum absolute atomic E-state index is 0.0251. The molecule has 2 atom stereocenters. The Labute approximate surface area is 181 Å². The monoisotopic (exact) mass is 438 g/mol. The van der Waals surface area contributed by atoms with E-state index in [-0.39, 0.29) is 33.1 Å². The van der Waals surface area contributed by atoms with Crippen LogP contribution in [0.4, 0.5) is 8.78 Å². The van der Waals surface area contributed by atoms with Crippen molar-refractivity contribution >= 4 is 23.2 Å². The molecule has 0 bridgehead atoms. The summed E-state index contributed by atoms with van der Waals surface area (Å²) < 4.78 is 30.1. The second kappa shape index (κ2) is 9.43. The van der Waals surface area contributed by atoms with Crippen LogP contribution in [0.2, 0.25) is 10.0 Å². The van der Waals surface area contributed by atoms with Crippen molar-refractivity contribution in [3.8, 4) is 6.07 Å². The number of nitriles is 1. The lowest BCUT2D eigenvalue weighted by atomic mass is 9.64. The summed E-state index contributed by atoms with van der Waals surface area (Å²) in [7, 11) is 1.72. The Bertz CT molecular complexity index is 903. The minimum Gasteiger partial charge on any atom is -0.319 e. The summed E-state index contributed by atoms with van der Waals surface area (Å²) in [5.41, 5.74) is -0.900. The van der Waals surface area contributed by atoms with Crippen molar-refractivity contribution in [2.24, 2.45) is 5.41 Å². The molecule has 0 aliphatic rings. The largest absolute Gasteiger partial charge is 0.319 e. The number of benzene rings is 2. The van der Waals surface area contributed by atoms with E-state index in [1.165, 1.54) is 18.2 Å². The van der Waals surface area contributed by atoms with E-state index in [1.807, 2.05) is 0 Å². The second-order valence-corrected chi connectivity index (χ2v) is 9.36. The summed E-state index contributed by atoms with van der Waals surface area (Å²) in [6.07, 6.45) is 0.995. The summed E-state index contributed by atoms with van der Waals surface area (Å²) >= 11 is 12.0. The Balaban J connectivity index is 2.77. The van der Waals surface area contributed by atoms with Gasteiger partial charge in [0.05, 0.1) is 16.5 Å². The molecule has 2 aromatic carbocycles. The van der Waals surface area contributed by atoms with E-state index < -0.39 is 23.0 Å². The van der Waals surface area contributed by atoms with Crippen LogP contribution in [0, 0.1) is 28.4 Å². The maximum absolute atomic E-state index is 15.1. The molecule has 0 aliphatic heterocycles. The van der Waals surface area contributed by atoms with Gasteiger partial charge in [-0.25, -0.2) is 8.78 Å². The van der Waals surface area contributed by atoms with Crippen molar-refractivity contribution in [1.82, 2.24) is 5.32 Å². The lowest BCUT2D eigenvalue weighted by molar-refractivity contribution is 0.288. The third-order valence-corrected chi connectivity index (χ3v) is 5.77. The third kappa shape index (κ3) is 5.28. The summed E-state index contributed by atoms with van der Waals surface area (Å²) in [5, 5.41) is 13.7. The first-order chi connectivity index (χ1) is 13.6. The minimum atomic E-state index is -1.31. The fourth-order valence-electron chi connectivity index (χ4n) is 3.66. The quantitative estimate of drug-likeness (QED) is 0.512. The first-order valence-corrected chi connectivity index (χ1v) is 10.3. The van der Waals surface area contributed by atoms with E-state index in [1.54, 1.807) is 25.2 Å². The third-order valence-electron chi connectivity index (χ3n) is 5.24. The van der Waals surface area contributed by atoms with Gasteiger partial charge in [-0.3, -0.25) is 0 Å². The molecule has 0 heterocycles. The average Bonchev–Trinajstić information content (AvgIpc) is 2.64. The van der Waals surface area contributed by atoms with Gasteiger partial charge in [0, 0.05) is 23.0 Å². The van der Waals surface area contributed by atoms with Crippen molar-refractivity contribution in [3.63, 3.8) is 0 Å². The van der Waals surface area contributed by atoms with Crippen molar-refractivity contribution < 1.29 is 8.78 Å². The van der Waals surface area contributed by atoms with Gasteiger partial charge < -0.3 is 5.32 Å². The predicted molar refractivity (Wildman–Crippen MR) is 115 cm³/mol. The highest BCUT2D eigenvalue weighted by atomic mass is 35.5. The molecule has 0 fully saturated rings. The van der Waals surface area contributed by atoms with Gasteiger partial charge in [-0.2, -0.15) is 5.26 Å². The van der Waals surface area contributed by atoms with Crippen LogP contribution in [-0.2, 0) is 5.41 Å². The molecule has 0 spiro atoms. The molecule has 6 heteroatoms. The molecule has 0 amide bonds. The topological polar surface area (TPSA) is 35.8 Å². The van der Waals surface area contributed by atoms with Crippen LogP contribution in [0.25, 0.3) is 0 Å². The first kappa shape index (κ1) is 23.6. The SMILES string of the molecule is CNCC(c1cccc(Cl)c1F)[C@](C#N)(CCC(C)(C)C)c1ccc(Cl)cc1F. The molecule has 2 rings (SSSR count). The standard InChI is InChI=1S/C23H26Cl2F2N2/c1-22(2,3)10-11-23(14-28,17-9-8-15(24)12-20(17)26)18(13-29-4)16-6-5-7-19(25)21(16)27/h5-9,12,18,29H,10-11,13H2,1-4H3/t18?,23-/m0/s1. The van der Waals surface area contributed by atoms with Crippen LogP contribution in [0.1, 0.15) is 50.7 Å². The molecular weight excluding hydrogens is 413 g/mol. The van der Waals surface area contributed by atoms with E-state index in [4.69, 9.17) is 23.2 Å². The Kier molecular flexibility index (Phi) is 7.67. The number of halogens is 4. The Morgan fingerprint density at radius 3 is 2.34 bits per heavy atom. The number of likely N-dealkylation sites (N-methyl/N-ethyl adjacent to an activating group) is 1. The highest BCUT2D eigenvalue weighted by molar-refractivity contribution is 6.31. The average molecular weight is 439 g/mol. The van der Waals surface area contributed by atoms with Crippen LogP contribution in [0.15, 0.2) is 36.4 Å². The molecule has 0 saturated carbocycles. The Morgan fingerprint density at radius 2 is 1.79 bits per heavy atom. The lowest BCUT2D eigenvalue weighted by Gasteiger charge is -2.38. The molecule has 0 aliphatic carbocycles. The number of rotatable bonds is 7. The van der Waals surface area contributed by atoms with E-state index in [0.29, 0.717) is 12.8 Å². The van der Waals surface area contributed by atoms with Gasteiger partial charge in [0.15, 0.2) is 0 Å². The highest BCUT2D eigenvalue weighted by Gasteiger charge is 2.45. The summed E-state index contributed by atoms with van der Waals surface area (Å²) in [6, 6.07) is 11.4. The van der Waals surface area contributed by atoms with Crippen LogP contribution in [0.5, 0.6) is 0 Å². The maximum Gasteiger partial charge on any atom is 0.145 e. The summed E-state index contributed by atoms with van der Waals surface area (Å²) in [5.74, 6) is -1.81. The first-order valence-electron chi connectivity index (χ1n) is 9.51. The number of hydrogen-bond acceptors (Lipinski definition) is 2. The molecule has 1 N–H and O–H groups in total. The van der Waals surface area contributed by atoms with Crippen LogP contribution in [-0.4, -0.2) is 13.6 Å². The molecule has 0 aromatic heterocycles. The molecule has 1 unspecified atom stereocenters. The Hall–Kier alpha value is -1.67. The second-order valence-electron chi connectivity index (χ2n) is 8.52. The normalized spacial score (nSPS) is 14.9. The number of nitrogens with one attached hydrogen (secondary N) is 1. The fourth-order valence-corrected chi connectivity index (χ4v) is 4.00. The van der Waals surface area contributed by atoms with Crippen molar-refractivity contribution in [2.75, 3.05) is 13.6 Å². The van der Waals surface area contributed by atoms with Gasteiger partial charge in [-0.05, 0) is 49.1 Å². The molecule has 2 aromatic rings. The van der Waals surface area contributed by atoms with Gasteiger partial charge in [0.1, 0.15) is 11.6 Å². The van der Waals surface area contributed by atoms with Gasteiger partial charge in [0.25, 0.3) is 0 Å². The number of hydrogen-bond donors (Lipinski definition) is 1. The van der Waals surface area contributed by atoms with E-state index in [0.717, 1.165) is 0 Å². The van der Waals surface area contributed by atoms with Crippen molar-refractivity contribution in [1.29, 1.82) is 5.26 Å². The van der Waals surface area contributed by atoms with E-state index >= 15 is 8.78 Å². The van der Waals surface area contributed by atoms with Crippen molar-refractivity contribution in [2.45, 2.75) is 44.9 Å². The maximum atomic E-state index is 15.1. The van der Waals surface area contributed by atoms with Crippen LogP contribution >= 0.6 is 23.2 Å². The molecular formula is C23H26Cl2F2N2. The Morgan fingerprint density at radius 1 is 1.10 bits per heavy atom.